The van der Waals surface area contributed by atoms with Crippen molar-refractivity contribution >= 4 is 17.2 Å². The summed E-state index contributed by atoms with van der Waals surface area (Å²) in [7, 11) is 0. The third kappa shape index (κ3) is 4.80. The average Bonchev–Trinajstić information content (AvgIpc) is 2.96. The Morgan fingerprint density at radius 1 is 1.41 bits per heavy atom. The van der Waals surface area contributed by atoms with Gasteiger partial charge in [0.15, 0.2) is 0 Å². The van der Waals surface area contributed by atoms with Gasteiger partial charge in [-0.15, -0.1) is 11.3 Å². The molecule has 0 saturated carbocycles. The van der Waals surface area contributed by atoms with Crippen molar-refractivity contribution in [2.45, 2.75) is 39.3 Å². The van der Waals surface area contributed by atoms with Gasteiger partial charge in [0, 0.05) is 11.4 Å². The molecule has 0 aliphatic carbocycles. The van der Waals surface area contributed by atoms with E-state index in [0.717, 1.165) is 12.8 Å². The molecule has 1 heterocycles. The van der Waals surface area contributed by atoms with Gasteiger partial charge in [0.1, 0.15) is 28.9 Å². The van der Waals surface area contributed by atoms with Gasteiger partial charge in [0.2, 0.25) is 0 Å². The molecular weight excluding hydrogens is 303 g/mol. The molecule has 0 aliphatic rings. The zero-order chi connectivity index (χ0) is 15.9. The van der Waals surface area contributed by atoms with Gasteiger partial charge in [0.05, 0.1) is 0 Å². The molecule has 1 unspecified atom stereocenters. The van der Waals surface area contributed by atoms with Gasteiger partial charge in [-0.2, -0.15) is 0 Å². The van der Waals surface area contributed by atoms with Crippen molar-refractivity contribution in [3.8, 4) is 5.75 Å². The van der Waals surface area contributed by atoms with Crippen LogP contribution in [0, 0.1) is 5.82 Å². The number of nitrogens with one attached hydrogen (secondary N) is 1. The number of benzene rings is 1. The molecule has 0 fully saturated rings. The largest absolute Gasteiger partial charge is 0.486 e. The minimum atomic E-state index is -0.304. The highest BCUT2D eigenvalue weighted by molar-refractivity contribution is 7.09. The van der Waals surface area contributed by atoms with Crippen LogP contribution in [0.15, 0.2) is 29.6 Å². The molecule has 6 heteroatoms. The maximum Gasteiger partial charge on any atom is 0.270 e. The summed E-state index contributed by atoms with van der Waals surface area (Å²) in [6.45, 7) is 4.32. The van der Waals surface area contributed by atoms with Gasteiger partial charge >= 0.3 is 0 Å². The number of amides is 1. The summed E-state index contributed by atoms with van der Waals surface area (Å²) in [5, 5.41) is 5.34. The predicted octanol–water partition coefficient (Wildman–Crippen LogP) is 3.78. The van der Waals surface area contributed by atoms with Gasteiger partial charge in [0.25, 0.3) is 5.91 Å². The summed E-state index contributed by atoms with van der Waals surface area (Å²) in [6, 6.07) is 5.93. The smallest absolute Gasteiger partial charge is 0.270 e. The molecule has 4 nitrogen and oxygen atoms in total. The van der Waals surface area contributed by atoms with Crippen LogP contribution in [0.4, 0.5) is 4.39 Å². The van der Waals surface area contributed by atoms with E-state index in [4.69, 9.17) is 4.74 Å². The second-order valence-corrected chi connectivity index (χ2v) is 5.97. The molecule has 0 radical (unpaired) electrons. The molecule has 1 N–H and O–H groups in total. The number of carbonyl (C=O) groups excluding carboxylic acids is 1. The fourth-order valence-corrected chi connectivity index (χ4v) is 2.65. The lowest BCUT2D eigenvalue weighted by Gasteiger charge is -2.11. The lowest BCUT2D eigenvalue weighted by molar-refractivity contribution is 0.0933. The van der Waals surface area contributed by atoms with Crippen LogP contribution in [-0.4, -0.2) is 16.9 Å². The number of nitrogens with zero attached hydrogens (tertiary/aromatic N) is 1. The molecule has 0 spiro atoms. The van der Waals surface area contributed by atoms with Gasteiger partial charge < -0.3 is 10.1 Å². The van der Waals surface area contributed by atoms with Crippen molar-refractivity contribution in [2.24, 2.45) is 0 Å². The summed E-state index contributed by atoms with van der Waals surface area (Å²) in [4.78, 5) is 16.3. The van der Waals surface area contributed by atoms with Crippen LogP contribution in [0.1, 0.15) is 42.2 Å². The zero-order valence-electron chi connectivity index (χ0n) is 12.6. The summed E-state index contributed by atoms with van der Waals surface area (Å²) in [5.74, 6) is 0.103. The molecule has 0 aliphatic heterocycles. The van der Waals surface area contributed by atoms with E-state index >= 15 is 0 Å². The van der Waals surface area contributed by atoms with E-state index in [0.29, 0.717) is 16.5 Å². The SMILES string of the molecule is CCCC(C)NC(=O)c1csc(COc2ccc(F)cc2)n1. The number of ether oxygens (including phenoxy) is 1. The first kappa shape index (κ1) is 16.4. The Kier molecular flexibility index (Phi) is 5.89. The van der Waals surface area contributed by atoms with Gasteiger partial charge in [-0.25, -0.2) is 9.37 Å². The third-order valence-corrected chi connectivity index (χ3v) is 3.88. The molecule has 118 valence electrons. The molecular formula is C16H19FN2O2S. The first-order valence-corrected chi connectivity index (χ1v) is 8.10. The van der Waals surface area contributed by atoms with Gasteiger partial charge in [-0.1, -0.05) is 13.3 Å². The van der Waals surface area contributed by atoms with Crippen LogP contribution in [0.5, 0.6) is 5.75 Å². The molecule has 1 atom stereocenters. The maximum atomic E-state index is 12.8. The Morgan fingerprint density at radius 3 is 2.82 bits per heavy atom. The summed E-state index contributed by atoms with van der Waals surface area (Å²) in [5.41, 5.74) is 0.408. The lowest BCUT2D eigenvalue weighted by Crippen LogP contribution is -2.32. The molecule has 0 bridgehead atoms. The highest BCUT2D eigenvalue weighted by Crippen LogP contribution is 2.16. The van der Waals surface area contributed by atoms with Crippen molar-refractivity contribution in [1.82, 2.24) is 10.3 Å². The minimum absolute atomic E-state index is 0.137. The number of hydrogen-bond donors (Lipinski definition) is 1. The van der Waals surface area contributed by atoms with Crippen LogP contribution in [0.3, 0.4) is 0 Å². The molecule has 0 saturated heterocycles. The Hall–Kier alpha value is -1.95. The minimum Gasteiger partial charge on any atom is -0.486 e. The van der Waals surface area contributed by atoms with Crippen molar-refractivity contribution in [3.05, 3.63) is 46.2 Å². The summed E-state index contributed by atoms with van der Waals surface area (Å²) >= 11 is 1.37. The normalized spacial score (nSPS) is 12.0. The van der Waals surface area contributed by atoms with Crippen LogP contribution in [0.25, 0.3) is 0 Å². The van der Waals surface area contributed by atoms with Crippen LogP contribution >= 0.6 is 11.3 Å². The van der Waals surface area contributed by atoms with E-state index in [1.165, 1.54) is 23.5 Å². The average molecular weight is 322 g/mol. The summed E-state index contributed by atoms with van der Waals surface area (Å²) in [6.07, 6.45) is 1.96. The van der Waals surface area contributed by atoms with Crippen molar-refractivity contribution in [2.75, 3.05) is 0 Å². The van der Waals surface area contributed by atoms with E-state index < -0.39 is 0 Å². The number of hydrogen-bond acceptors (Lipinski definition) is 4. The third-order valence-electron chi connectivity index (χ3n) is 3.06. The molecule has 2 rings (SSSR count). The second-order valence-electron chi connectivity index (χ2n) is 5.03. The topological polar surface area (TPSA) is 51.2 Å². The van der Waals surface area contributed by atoms with Crippen LogP contribution in [-0.2, 0) is 6.61 Å². The fourth-order valence-electron chi connectivity index (χ4n) is 1.96. The van der Waals surface area contributed by atoms with Crippen molar-refractivity contribution < 1.29 is 13.9 Å². The maximum absolute atomic E-state index is 12.8. The van der Waals surface area contributed by atoms with Gasteiger partial charge in [-0.05, 0) is 37.6 Å². The lowest BCUT2D eigenvalue weighted by atomic mass is 10.2. The highest BCUT2D eigenvalue weighted by atomic mass is 32.1. The van der Waals surface area contributed by atoms with Gasteiger partial charge in [-0.3, -0.25) is 4.79 Å². The second kappa shape index (κ2) is 7.89. The van der Waals surface area contributed by atoms with Crippen molar-refractivity contribution in [1.29, 1.82) is 0 Å². The first-order chi connectivity index (χ1) is 10.6. The monoisotopic (exact) mass is 322 g/mol. The molecule has 1 amide bonds. The Labute approximate surface area is 133 Å². The molecule has 2 aromatic rings. The van der Waals surface area contributed by atoms with Crippen LogP contribution in [0.2, 0.25) is 0 Å². The number of carbonyl (C=O) groups is 1. The Balaban J connectivity index is 1.88. The summed E-state index contributed by atoms with van der Waals surface area (Å²) < 4.78 is 18.3. The predicted molar refractivity (Wildman–Crippen MR) is 84.7 cm³/mol. The molecule has 1 aromatic carbocycles. The number of aromatic nitrogens is 1. The molecule has 1 aromatic heterocycles. The number of halogens is 1. The van der Waals surface area contributed by atoms with Crippen molar-refractivity contribution in [3.63, 3.8) is 0 Å². The Bertz CT molecular complexity index is 613. The van der Waals surface area contributed by atoms with E-state index in [9.17, 15) is 9.18 Å². The highest BCUT2D eigenvalue weighted by Gasteiger charge is 2.13. The fraction of sp³-hybridized carbons (Fsp3) is 0.375. The van der Waals surface area contributed by atoms with E-state index in [-0.39, 0.29) is 24.4 Å². The number of rotatable bonds is 7. The zero-order valence-corrected chi connectivity index (χ0v) is 13.5. The number of thiazole rings is 1. The quantitative estimate of drug-likeness (QED) is 0.844. The molecule has 22 heavy (non-hydrogen) atoms. The first-order valence-electron chi connectivity index (χ1n) is 7.22. The van der Waals surface area contributed by atoms with E-state index in [2.05, 4.69) is 17.2 Å². The standard InChI is InChI=1S/C16H19FN2O2S/c1-3-4-11(2)18-16(20)14-10-22-15(19-14)9-21-13-7-5-12(17)6-8-13/h5-8,10-11H,3-4,9H2,1-2H3,(H,18,20). The van der Waals surface area contributed by atoms with E-state index in [1.54, 1.807) is 17.5 Å². The Morgan fingerprint density at radius 2 is 2.14 bits per heavy atom. The van der Waals surface area contributed by atoms with E-state index in [1.807, 2.05) is 6.92 Å². The van der Waals surface area contributed by atoms with Crippen LogP contribution < -0.4 is 10.1 Å².